The Labute approximate surface area is 146 Å². The number of benzene rings is 2. The summed E-state index contributed by atoms with van der Waals surface area (Å²) in [4.78, 5) is 14.0. The molecular formula is C18H15F4N3O. The van der Waals surface area contributed by atoms with E-state index >= 15 is 0 Å². The summed E-state index contributed by atoms with van der Waals surface area (Å²) >= 11 is 0. The third kappa shape index (κ3) is 2.70. The van der Waals surface area contributed by atoms with Gasteiger partial charge in [0.25, 0.3) is 5.91 Å². The molecule has 4 rings (SSSR count). The third-order valence-corrected chi connectivity index (χ3v) is 4.70. The summed E-state index contributed by atoms with van der Waals surface area (Å²) in [6.07, 6.45) is -4.69. The van der Waals surface area contributed by atoms with Crippen molar-refractivity contribution in [3.8, 4) is 0 Å². The molecule has 2 aliphatic heterocycles. The lowest BCUT2D eigenvalue weighted by atomic mass is 9.97. The molecule has 136 valence electrons. The lowest BCUT2D eigenvalue weighted by Gasteiger charge is -2.30. The molecule has 1 amide bonds. The summed E-state index contributed by atoms with van der Waals surface area (Å²) in [5.74, 6) is -1.17. The van der Waals surface area contributed by atoms with Crippen molar-refractivity contribution in [3.63, 3.8) is 0 Å². The van der Waals surface area contributed by atoms with Gasteiger partial charge >= 0.3 is 6.18 Å². The molecule has 2 aromatic carbocycles. The molecule has 0 unspecified atom stereocenters. The smallest absolute Gasteiger partial charge is 0.353 e. The number of alkyl halides is 3. The number of fused-ring (bicyclic) bond motifs is 3. The van der Waals surface area contributed by atoms with Crippen molar-refractivity contribution in [2.24, 2.45) is 0 Å². The van der Waals surface area contributed by atoms with Crippen molar-refractivity contribution in [1.82, 2.24) is 10.2 Å². The second kappa shape index (κ2) is 5.98. The molecule has 0 saturated carbocycles. The average molecular weight is 365 g/mol. The minimum atomic E-state index is -4.69. The number of anilines is 2. The number of para-hydroxylation sites is 1. The Morgan fingerprint density at radius 2 is 1.96 bits per heavy atom. The molecule has 2 heterocycles. The molecule has 4 nitrogen and oxygen atoms in total. The van der Waals surface area contributed by atoms with E-state index in [1.807, 2.05) is 0 Å². The van der Waals surface area contributed by atoms with Crippen molar-refractivity contribution < 1.29 is 22.4 Å². The van der Waals surface area contributed by atoms with Crippen LogP contribution in [0.2, 0.25) is 0 Å². The van der Waals surface area contributed by atoms with Crippen molar-refractivity contribution in [2.45, 2.75) is 12.2 Å². The lowest BCUT2D eigenvalue weighted by molar-refractivity contribution is -0.137. The van der Waals surface area contributed by atoms with Crippen LogP contribution in [-0.4, -0.2) is 30.4 Å². The predicted octanol–water partition coefficient (Wildman–Crippen LogP) is 3.69. The number of hydrogen-bond donors (Lipinski definition) is 2. The van der Waals surface area contributed by atoms with Gasteiger partial charge in [-0.25, -0.2) is 4.39 Å². The topological polar surface area (TPSA) is 44.4 Å². The molecule has 2 N–H and O–H groups in total. The Morgan fingerprint density at radius 3 is 2.69 bits per heavy atom. The van der Waals surface area contributed by atoms with Crippen molar-refractivity contribution in [2.75, 3.05) is 25.0 Å². The van der Waals surface area contributed by atoms with Crippen molar-refractivity contribution in [1.29, 1.82) is 0 Å². The van der Waals surface area contributed by atoms with Gasteiger partial charge < -0.3 is 15.5 Å². The van der Waals surface area contributed by atoms with E-state index in [1.165, 1.54) is 29.2 Å². The number of carbonyl (C=O) groups excluding carboxylic acids is 1. The number of nitrogens with one attached hydrogen (secondary N) is 2. The van der Waals surface area contributed by atoms with Gasteiger partial charge in [0, 0.05) is 25.3 Å². The number of piperazine rings is 1. The summed E-state index contributed by atoms with van der Waals surface area (Å²) in [5.41, 5.74) is -0.806. The van der Waals surface area contributed by atoms with Crippen LogP contribution < -0.4 is 10.6 Å². The van der Waals surface area contributed by atoms with E-state index in [2.05, 4.69) is 10.6 Å². The fraction of sp³-hybridized carbons (Fsp3) is 0.278. The van der Waals surface area contributed by atoms with E-state index < -0.39 is 29.5 Å². The maximum atomic E-state index is 13.9. The molecule has 1 saturated heterocycles. The Balaban J connectivity index is 1.84. The number of carbonyl (C=O) groups is 1. The van der Waals surface area contributed by atoms with E-state index in [-0.39, 0.29) is 16.9 Å². The molecule has 0 spiro atoms. The Kier molecular flexibility index (Phi) is 3.87. The minimum absolute atomic E-state index is 0.0727. The number of halogens is 4. The van der Waals surface area contributed by atoms with Gasteiger partial charge in [0.1, 0.15) is 5.82 Å². The van der Waals surface area contributed by atoms with E-state index in [4.69, 9.17) is 0 Å². The van der Waals surface area contributed by atoms with Gasteiger partial charge in [0.15, 0.2) is 0 Å². The zero-order valence-electron chi connectivity index (χ0n) is 13.5. The molecule has 2 aliphatic rings. The summed E-state index contributed by atoms with van der Waals surface area (Å²) < 4.78 is 54.7. The normalized spacial score (nSPS) is 19.3. The quantitative estimate of drug-likeness (QED) is 0.798. The molecule has 1 fully saturated rings. The highest BCUT2D eigenvalue weighted by Crippen LogP contribution is 2.44. The SMILES string of the molecule is O=C1c2c(cc(Nc3ccccc3F)cc2C(F)(F)F)[C@@H]2CNCCN12. The minimum Gasteiger partial charge on any atom is -0.353 e. The second-order valence-corrected chi connectivity index (χ2v) is 6.31. The van der Waals surface area contributed by atoms with Crippen molar-refractivity contribution >= 4 is 17.3 Å². The fourth-order valence-electron chi connectivity index (χ4n) is 3.55. The average Bonchev–Trinajstić information content (AvgIpc) is 2.89. The first-order valence-electron chi connectivity index (χ1n) is 8.14. The van der Waals surface area contributed by atoms with E-state index in [0.717, 1.165) is 6.07 Å². The van der Waals surface area contributed by atoms with Crippen LogP contribution in [0.5, 0.6) is 0 Å². The predicted molar refractivity (Wildman–Crippen MR) is 87.8 cm³/mol. The van der Waals surface area contributed by atoms with Gasteiger partial charge in [-0.3, -0.25) is 4.79 Å². The van der Waals surface area contributed by atoms with Gasteiger partial charge in [-0.15, -0.1) is 0 Å². The number of amides is 1. The maximum absolute atomic E-state index is 13.9. The first kappa shape index (κ1) is 16.8. The largest absolute Gasteiger partial charge is 0.417 e. The Morgan fingerprint density at radius 1 is 1.19 bits per heavy atom. The van der Waals surface area contributed by atoms with Crippen LogP contribution in [0.3, 0.4) is 0 Å². The fourth-order valence-corrected chi connectivity index (χ4v) is 3.55. The molecule has 0 radical (unpaired) electrons. The summed E-state index contributed by atoms with van der Waals surface area (Å²) in [6.45, 7) is 1.28. The van der Waals surface area contributed by atoms with E-state index in [1.54, 1.807) is 6.07 Å². The summed E-state index contributed by atoms with van der Waals surface area (Å²) in [7, 11) is 0. The maximum Gasteiger partial charge on any atom is 0.417 e. The van der Waals surface area contributed by atoms with Crippen molar-refractivity contribution in [3.05, 3.63) is 58.9 Å². The van der Waals surface area contributed by atoms with E-state index in [9.17, 15) is 22.4 Å². The highest BCUT2D eigenvalue weighted by Gasteiger charge is 2.45. The third-order valence-electron chi connectivity index (χ3n) is 4.70. The van der Waals surface area contributed by atoms with Crippen LogP contribution in [-0.2, 0) is 6.18 Å². The number of rotatable bonds is 2. The van der Waals surface area contributed by atoms with Gasteiger partial charge in [0.2, 0.25) is 0 Å². The van der Waals surface area contributed by atoms with Crippen LogP contribution in [0.25, 0.3) is 0 Å². The zero-order chi connectivity index (χ0) is 18.5. The number of nitrogens with zero attached hydrogens (tertiary/aromatic N) is 1. The molecule has 2 aromatic rings. The molecule has 0 aromatic heterocycles. The summed E-state index contributed by atoms with van der Waals surface area (Å²) in [5, 5.41) is 5.80. The van der Waals surface area contributed by atoms with Crippen LogP contribution in [0.1, 0.15) is 27.5 Å². The first-order valence-corrected chi connectivity index (χ1v) is 8.14. The van der Waals surface area contributed by atoms with Gasteiger partial charge in [-0.1, -0.05) is 12.1 Å². The van der Waals surface area contributed by atoms with Crippen LogP contribution in [0.15, 0.2) is 36.4 Å². The summed E-state index contributed by atoms with van der Waals surface area (Å²) in [6, 6.07) is 7.66. The second-order valence-electron chi connectivity index (χ2n) is 6.31. The lowest BCUT2D eigenvalue weighted by Crippen LogP contribution is -2.44. The van der Waals surface area contributed by atoms with Gasteiger partial charge in [-0.2, -0.15) is 13.2 Å². The standard InChI is InChI=1S/C18H15F4N3O/c19-13-3-1-2-4-14(13)24-10-7-11-15-9-23-5-6-25(15)17(26)16(11)12(8-10)18(20,21)22/h1-4,7-8,15,23-24H,5-6,9H2/t15-/m0/s1. The monoisotopic (exact) mass is 365 g/mol. The first-order chi connectivity index (χ1) is 12.4. The van der Waals surface area contributed by atoms with Gasteiger partial charge in [0.05, 0.1) is 22.9 Å². The molecule has 26 heavy (non-hydrogen) atoms. The Hall–Kier alpha value is -2.61. The molecular weight excluding hydrogens is 350 g/mol. The molecule has 0 bridgehead atoms. The molecule has 1 atom stereocenters. The van der Waals surface area contributed by atoms with Crippen LogP contribution in [0, 0.1) is 5.82 Å². The Bertz CT molecular complexity index is 881. The number of hydrogen-bond acceptors (Lipinski definition) is 3. The van der Waals surface area contributed by atoms with E-state index in [0.29, 0.717) is 25.2 Å². The van der Waals surface area contributed by atoms with Crippen LogP contribution >= 0.6 is 0 Å². The van der Waals surface area contributed by atoms with Gasteiger partial charge in [-0.05, 0) is 29.8 Å². The zero-order valence-corrected chi connectivity index (χ0v) is 13.5. The highest BCUT2D eigenvalue weighted by molar-refractivity contribution is 6.01. The molecule has 8 heteroatoms. The van der Waals surface area contributed by atoms with Crippen LogP contribution in [0.4, 0.5) is 28.9 Å². The highest BCUT2D eigenvalue weighted by atomic mass is 19.4. The molecule has 0 aliphatic carbocycles.